The van der Waals surface area contributed by atoms with Crippen LogP contribution in [0.1, 0.15) is 67.3 Å². The first-order chi connectivity index (χ1) is 17.0. The van der Waals surface area contributed by atoms with E-state index in [0.717, 1.165) is 47.3 Å². The van der Waals surface area contributed by atoms with Gasteiger partial charge in [0.15, 0.2) is 5.82 Å². The number of aryl methyl sites for hydroxylation is 2. The smallest absolute Gasteiger partial charge is 0.228 e. The van der Waals surface area contributed by atoms with Crippen LogP contribution < -0.4 is 9.64 Å². The van der Waals surface area contributed by atoms with Crippen molar-refractivity contribution in [2.45, 2.75) is 71.9 Å². The number of carbonyl (C=O) groups excluding carboxylic acids is 1. The van der Waals surface area contributed by atoms with E-state index in [-0.39, 0.29) is 5.91 Å². The lowest BCUT2D eigenvalue weighted by atomic mass is 9.79. The van der Waals surface area contributed by atoms with Gasteiger partial charge in [-0.15, -0.1) is 0 Å². The molecule has 1 unspecified atom stereocenters. The van der Waals surface area contributed by atoms with Crippen LogP contribution in [0.4, 0.5) is 5.82 Å². The van der Waals surface area contributed by atoms with Gasteiger partial charge in [0, 0.05) is 30.3 Å². The van der Waals surface area contributed by atoms with Crippen LogP contribution in [-0.4, -0.2) is 22.2 Å². The predicted octanol–water partition coefficient (Wildman–Crippen LogP) is 6.45. The first-order valence-electron chi connectivity index (χ1n) is 13.2. The van der Waals surface area contributed by atoms with Crippen molar-refractivity contribution in [2.24, 2.45) is 11.8 Å². The molecule has 0 N–H and O–H groups in total. The van der Waals surface area contributed by atoms with E-state index in [9.17, 15) is 4.79 Å². The summed E-state index contributed by atoms with van der Waals surface area (Å²) in [5.41, 5.74) is 4.48. The molecule has 3 aromatic rings. The summed E-state index contributed by atoms with van der Waals surface area (Å²) in [4.78, 5) is 14.9. The van der Waals surface area contributed by atoms with Gasteiger partial charge in [0.05, 0.1) is 6.54 Å². The molecule has 184 valence electrons. The third kappa shape index (κ3) is 5.77. The number of aromatic nitrogens is 2. The third-order valence-corrected chi connectivity index (χ3v) is 7.75. The Morgan fingerprint density at radius 1 is 0.971 bits per heavy atom. The molecule has 1 aliphatic heterocycles. The van der Waals surface area contributed by atoms with E-state index in [1.165, 1.54) is 37.7 Å². The number of ether oxygens (including phenoxy) is 1. The molecule has 0 radical (unpaired) electrons. The van der Waals surface area contributed by atoms with Crippen molar-refractivity contribution in [2.75, 3.05) is 11.4 Å². The maximum absolute atomic E-state index is 13.0. The lowest BCUT2D eigenvalue weighted by molar-refractivity contribution is -0.120. The third-order valence-electron chi connectivity index (χ3n) is 7.75. The van der Waals surface area contributed by atoms with Crippen LogP contribution in [0, 0.1) is 25.7 Å². The Bertz CT molecular complexity index is 1150. The summed E-state index contributed by atoms with van der Waals surface area (Å²) in [5, 5.41) is 4.86. The number of rotatable bonds is 9. The lowest BCUT2D eigenvalue weighted by Crippen LogP contribution is -2.39. The van der Waals surface area contributed by atoms with Crippen molar-refractivity contribution < 1.29 is 9.53 Å². The normalized spacial score (nSPS) is 18.5. The molecule has 2 aromatic carbocycles. The summed E-state index contributed by atoms with van der Waals surface area (Å²) in [7, 11) is 0. The SMILES string of the molecule is Cc1ccc(OCc2ccccc2)c(Cn2nc(N3CCC(CCC4CCC4)CC3=O)cc2C)c1. The van der Waals surface area contributed by atoms with Crippen molar-refractivity contribution in [1.82, 2.24) is 9.78 Å². The minimum Gasteiger partial charge on any atom is -0.489 e. The van der Waals surface area contributed by atoms with Crippen LogP contribution >= 0.6 is 0 Å². The van der Waals surface area contributed by atoms with Gasteiger partial charge in [-0.05, 0) is 50.2 Å². The Kier molecular flexibility index (Phi) is 7.21. The van der Waals surface area contributed by atoms with Crippen LogP contribution in [0.2, 0.25) is 0 Å². The second-order valence-electron chi connectivity index (χ2n) is 10.5. The molecule has 5 nitrogen and oxygen atoms in total. The summed E-state index contributed by atoms with van der Waals surface area (Å²) in [6.07, 6.45) is 8.43. The van der Waals surface area contributed by atoms with Gasteiger partial charge in [-0.1, -0.05) is 73.7 Å². The van der Waals surface area contributed by atoms with E-state index >= 15 is 0 Å². The molecule has 2 aliphatic rings. The molecular formula is C30H37N3O2. The molecule has 2 heterocycles. The number of carbonyl (C=O) groups is 1. The predicted molar refractivity (Wildman–Crippen MR) is 140 cm³/mol. The summed E-state index contributed by atoms with van der Waals surface area (Å²) in [6, 6.07) is 18.6. The van der Waals surface area contributed by atoms with E-state index in [4.69, 9.17) is 9.84 Å². The molecule has 1 saturated heterocycles. The van der Waals surface area contributed by atoms with Crippen LogP contribution in [0.25, 0.3) is 0 Å². The number of nitrogens with zero attached hydrogens (tertiary/aromatic N) is 3. The van der Waals surface area contributed by atoms with E-state index in [1.54, 1.807) is 0 Å². The quantitative estimate of drug-likeness (QED) is 0.360. The van der Waals surface area contributed by atoms with Crippen molar-refractivity contribution in [3.63, 3.8) is 0 Å². The van der Waals surface area contributed by atoms with Gasteiger partial charge < -0.3 is 4.74 Å². The van der Waals surface area contributed by atoms with Gasteiger partial charge >= 0.3 is 0 Å². The molecule has 1 aromatic heterocycles. The molecule has 0 spiro atoms. The molecule has 1 aliphatic carbocycles. The first kappa shape index (κ1) is 23.7. The van der Waals surface area contributed by atoms with Gasteiger partial charge in [0.1, 0.15) is 12.4 Å². The summed E-state index contributed by atoms with van der Waals surface area (Å²) >= 11 is 0. The zero-order valence-corrected chi connectivity index (χ0v) is 21.1. The summed E-state index contributed by atoms with van der Waals surface area (Å²) < 4.78 is 8.18. The Labute approximate surface area is 209 Å². The van der Waals surface area contributed by atoms with Crippen molar-refractivity contribution in [1.29, 1.82) is 0 Å². The molecule has 1 amide bonds. The molecular weight excluding hydrogens is 434 g/mol. The fraction of sp³-hybridized carbons (Fsp3) is 0.467. The van der Waals surface area contributed by atoms with Gasteiger partial charge in [-0.2, -0.15) is 5.10 Å². The zero-order chi connectivity index (χ0) is 24.2. The highest BCUT2D eigenvalue weighted by atomic mass is 16.5. The Morgan fingerprint density at radius 2 is 1.77 bits per heavy atom. The van der Waals surface area contributed by atoms with E-state index in [0.29, 0.717) is 25.5 Å². The number of hydrogen-bond acceptors (Lipinski definition) is 3. The first-order valence-corrected chi connectivity index (χ1v) is 13.2. The fourth-order valence-corrected chi connectivity index (χ4v) is 5.29. The molecule has 1 saturated carbocycles. The second-order valence-corrected chi connectivity index (χ2v) is 10.5. The topological polar surface area (TPSA) is 47.4 Å². The highest BCUT2D eigenvalue weighted by molar-refractivity contribution is 5.93. The van der Waals surface area contributed by atoms with Gasteiger partial charge in [-0.3, -0.25) is 14.4 Å². The maximum atomic E-state index is 13.0. The Balaban J connectivity index is 1.24. The van der Waals surface area contributed by atoms with Crippen LogP contribution in [0.5, 0.6) is 5.75 Å². The Hall–Kier alpha value is -3.08. The van der Waals surface area contributed by atoms with Crippen LogP contribution in [-0.2, 0) is 17.9 Å². The number of benzene rings is 2. The van der Waals surface area contributed by atoms with Crippen molar-refractivity contribution in [3.8, 4) is 5.75 Å². The summed E-state index contributed by atoms with van der Waals surface area (Å²) in [6.45, 7) is 6.08. The molecule has 0 bridgehead atoms. The van der Waals surface area contributed by atoms with Gasteiger partial charge in [-0.25, -0.2) is 0 Å². The van der Waals surface area contributed by atoms with Crippen molar-refractivity contribution >= 4 is 11.7 Å². The molecule has 2 fully saturated rings. The zero-order valence-electron chi connectivity index (χ0n) is 21.1. The minimum absolute atomic E-state index is 0.224. The molecule has 35 heavy (non-hydrogen) atoms. The number of anilines is 1. The van der Waals surface area contributed by atoms with Gasteiger partial charge in [0.25, 0.3) is 0 Å². The number of piperidine rings is 1. The van der Waals surface area contributed by atoms with Crippen LogP contribution in [0.15, 0.2) is 54.6 Å². The van der Waals surface area contributed by atoms with E-state index in [1.807, 2.05) is 39.9 Å². The maximum Gasteiger partial charge on any atom is 0.228 e. The van der Waals surface area contributed by atoms with Gasteiger partial charge in [0.2, 0.25) is 5.91 Å². The summed E-state index contributed by atoms with van der Waals surface area (Å²) in [5.74, 6) is 3.34. The monoisotopic (exact) mass is 471 g/mol. The highest BCUT2D eigenvalue weighted by Gasteiger charge is 2.29. The van der Waals surface area contributed by atoms with Crippen molar-refractivity contribution in [3.05, 3.63) is 77.0 Å². The van der Waals surface area contributed by atoms with Crippen LogP contribution in [0.3, 0.4) is 0 Å². The average molecular weight is 472 g/mol. The van der Waals surface area contributed by atoms with E-state index in [2.05, 4.69) is 38.1 Å². The Morgan fingerprint density at radius 3 is 2.51 bits per heavy atom. The largest absolute Gasteiger partial charge is 0.489 e. The number of amides is 1. The minimum atomic E-state index is 0.224. The van der Waals surface area contributed by atoms with E-state index < -0.39 is 0 Å². The molecule has 5 heteroatoms. The average Bonchev–Trinajstić information content (AvgIpc) is 3.18. The molecule has 1 atom stereocenters. The highest BCUT2D eigenvalue weighted by Crippen LogP contribution is 2.34. The lowest BCUT2D eigenvalue weighted by Gasteiger charge is -2.32. The standard InChI is InChI=1S/C30H37N3O2/c1-22-11-14-28(35-21-26-7-4-3-5-8-26)27(17-22)20-33-23(2)18-29(31-33)32-16-15-25(19-30(32)34)13-12-24-9-6-10-24/h3-5,7-8,11,14,17-18,24-25H,6,9-10,12-13,15-16,19-21H2,1-2H3. The fourth-order valence-electron chi connectivity index (χ4n) is 5.29. The molecule has 5 rings (SSSR count). The number of hydrogen-bond donors (Lipinski definition) is 0. The second kappa shape index (κ2) is 10.7.